The normalized spacial score (nSPS) is 10.6. The third-order valence-corrected chi connectivity index (χ3v) is 5.67. The van der Waals surface area contributed by atoms with Crippen molar-refractivity contribution in [2.45, 2.75) is 23.4 Å². The fourth-order valence-electron chi connectivity index (χ4n) is 2.94. The summed E-state index contributed by atoms with van der Waals surface area (Å²) in [5, 5.41) is 3.49. The molecule has 0 aliphatic carbocycles. The van der Waals surface area contributed by atoms with E-state index in [0.717, 1.165) is 16.0 Å². The Hall–Kier alpha value is -3.71. The predicted octanol–water partition coefficient (Wildman–Crippen LogP) is 5.80. The van der Waals surface area contributed by atoms with Crippen LogP contribution in [-0.2, 0) is 6.54 Å². The van der Waals surface area contributed by atoms with Gasteiger partial charge in [0.25, 0.3) is 11.8 Å². The Kier molecular flexibility index (Phi) is 6.77. The molecular formula is C25H20FN3O2S. The molecule has 5 nitrogen and oxygen atoms in total. The molecule has 0 aliphatic heterocycles. The molecule has 1 amide bonds. The molecule has 0 saturated heterocycles. The second-order valence-electron chi connectivity index (χ2n) is 6.96. The van der Waals surface area contributed by atoms with Gasteiger partial charge in [-0.2, -0.15) is 0 Å². The highest BCUT2D eigenvalue weighted by Crippen LogP contribution is 2.33. The van der Waals surface area contributed by atoms with Crippen LogP contribution < -0.4 is 10.1 Å². The summed E-state index contributed by atoms with van der Waals surface area (Å²) in [4.78, 5) is 21.9. The second kappa shape index (κ2) is 10.1. The van der Waals surface area contributed by atoms with Crippen molar-refractivity contribution in [1.29, 1.82) is 0 Å². The molecule has 0 atom stereocenters. The number of nitrogens with zero attached hydrogens (tertiary/aromatic N) is 2. The van der Waals surface area contributed by atoms with E-state index in [9.17, 15) is 9.18 Å². The number of carbonyl (C=O) groups is 1. The van der Waals surface area contributed by atoms with Crippen molar-refractivity contribution in [2.24, 2.45) is 0 Å². The number of aromatic nitrogens is 2. The molecule has 0 saturated carbocycles. The highest BCUT2D eigenvalue weighted by atomic mass is 32.2. The second-order valence-corrected chi connectivity index (χ2v) is 8.02. The number of hydrogen-bond donors (Lipinski definition) is 1. The number of amides is 1. The minimum atomic E-state index is -0.298. The van der Waals surface area contributed by atoms with Crippen molar-refractivity contribution in [3.8, 4) is 11.6 Å². The van der Waals surface area contributed by atoms with Gasteiger partial charge in [0.15, 0.2) is 5.03 Å². The van der Waals surface area contributed by atoms with Crippen molar-refractivity contribution in [2.75, 3.05) is 0 Å². The molecule has 1 N–H and O–H groups in total. The molecule has 0 bridgehead atoms. The molecular weight excluding hydrogens is 425 g/mol. The van der Waals surface area contributed by atoms with E-state index in [4.69, 9.17) is 4.74 Å². The average molecular weight is 446 g/mol. The van der Waals surface area contributed by atoms with Gasteiger partial charge in [-0.25, -0.2) is 14.4 Å². The van der Waals surface area contributed by atoms with Crippen molar-refractivity contribution < 1.29 is 13.9 Å². The summed E-state index contributed by atoms with van der Waals surface area (Å²) in [5.41, 5.74) is 2.75. The summed E-state index contributed by atoms with van der Waals surface area (Å²) in [6.07, 6.45) is 3.11. The Morgan fingerprint density at radius 2 is 1.69 bits per heavy atom. The van der Waals surface area contributed by atoms with E-state index < -0.39 is 0 Å². The van der Waals surface area contributed by atoms with Crippen LogP contribution in [0.25, 0.3) is 0 Å². The lowest BCUT2D eigenvalue weighted by atomic mass is 10.1. The molecule has 32 heavy (non-hydrogen) atoms. The zero-order valence-electron chi connectivity index (χ0n) is 17.3. The minimum absolute atomic E-state index is 0.160. The molecule has 0 aliphatic rings. The molecule has 3 aromatic carbocycles. The molecule has 160 valence electrons. The molecule has 7 heteroatoms. The monoisotopic (exact) mass is 445 g/mol. The number of hydrogen-bond acceptors (Lipinski definition) is 5. The molecule has 4 aromatic rings. The first-order chi connectivity index (χ1) is 15.6. The third kappa shape index (κ3) is 5.50. The van der Waals surface area contributed by atoms with Crippen LogP contribution in [0.5, 0.6) is 11.6 Å². The van der Waals surface area contributed by atoms with Gasteiger partial charge >= 0.3 is 0 Å². The maximum atomic E-state index is 13.1. The summed E-state index contributed by atoms with van der Waals surface area (Å²) in [5.74, 6) is 0.403. The van der Waals surface area contributed by atoms with Crippen molar-refractivity contribution in [3.05, 3.63) is 108 Å². The van der Waals surface area contributed by atoms with Gasteiger partial charge in [-0.3, -0.25) is 4.79 Å². The minimum Gasteiger partial charge on any atom is -0.437 e. The summed E-state index contributed by atoms with van der Waals surface area (Å²) in [7, 11) is 0. The fraction of sp³-hybridized carbons (Fsp3) is 0.0800. The van der Waals surface area contributed by atoms with Crippen molar-refractivity contribution in [3.63, 3.8) is 0 Å². The van der Waals surface area contributed by atoms with Crippen LogP contribution in [0.4, 0.5) is 4.39 Å². The van der Waals surface area contributed by atoms with E-state index >= 15 is 0 Å². The molecule has 0 spiro atoms. The Morgan fingerprint density at radius 1 is 0.969 bits per heavy atom. The summed E-state index contributed by atoms with van der Waals surface area (Å²) in [6, 6.07) is 20.9. The van der Waals surface area contributed by atoms with Gasteiger partial charge in [-0.05, 0) is 66.6 Å². The first-order valence-corrected chi connectivity index (χ1v) is 10.8. The fourth-order valence-corrected chi connectivity index (χ4v) is 3.73. The van der Waals surface area contributed by atoms with E-state index in [1.807, 2.05) is 31.2 Å². The van der Waals surface area contributed by atoms with Crippen LogP contribution in [0, 0.1) is 12.7 Å². The number of halogens is 1. The molecule has 1 heterocycles. The average Bonchev–Trinajstić information content (AvgIpc) is 2.81. The molecule has 4 rings (SSSR count). The van der Waals surface area contributed by atoms with Crippen LogP contribution in [0.3, 0.4) is 0 Å². The zero-order valence-corrected chi connectivity index (χ0v) is 18.1. The summed E-state index contributed by atoms with van der Waals surface area (Å²) in [6.45, 7) is 2.48. The summed E-state index contributed by atoms with van der Waals surface area (Å²) >= 11 is 1.33. The zero-order chi connectivity index (χ0) is 22.3. The molecule has 0 fully saturated rings. The maximum absolute atomic E-state index is 13.1. The van der Waals surface area contributed by atoms with Crippen LogP contribution >= 0.6 is 11.8 Å². The lowest BCUT2D eigenvalue weighted by Crippen LogP contribution is -2.23. The van der Waals surface area contributed by atoms with Crippen LogP contribution in [-0.4, -0.2) is 15.9 Å². The van der Waals surface area contributed by atoms with Gasteiger partial charge in [0.2, 0.25) is 0 Å². The number of benzene rings is 3. The predicted molar refractivity (Wildman–Crippen MR) is 121 cm³/mol. The molecule has 0 unspecified atom stereocenters. The Balaban J connectivity index is 1.41. The van der Waals surface area contributed by atoms with Gasteiger partial charge in [0.05, 0.1) is 0 Å². The molecule has 1 aromatic heterocycles. The lowest BCUT2D eigenvalue weighted by molar-refractivity contribution is 0.0951. The first-order valence-electron chi connectivity index (χ1n) is 9.93. The highest BCUT2D eigenvalue weighted by molar-refractivity contribution is 7.99. The van der Waals surface area contributed by atoms with E-state index in [1.165, 1.54) is 30.1 Å². The Morgan fingerprint density at radius 3 is 2.44 bits per heavy atom. The lowest BCUT2D eigenvalue weighted by Gasteiger charge is -2.10. The van der Waals surface area contributed by atoms with Gasteiger partial charge in [0, 0.05) is 29.4 Å². The van der Waals surface area contributed by atoms with Gasteiger partial charge in [0.1, 0.15) is 11.6 Å². The summed E-state index contributed by atoms with van der Waals surface area (Å²) < 4.78 is 19.0. The van der Waals surface area contributed by atoms with Crippen molar-refractivity contribution >= 4 is 17.7 Å². The number of ether oxygens (including phenoxy) is 1. The third-order valence-electron chi connectivity index (χ3n) is 4.69. The van der Waals surface area contributed by atoms with E-state index in [0.29, 0.717) is 28.8 Å². The number of carbonyl (C=O) groups excluding carboxylic acids is 1. The quantitative estimate of drug-likeness (QED) is 0.390. The smallest absolute Gasteiger partial charge is 0.252 e. The van der Waals surface area contributed by atoms with E-state index in [1.54, 1.807) is 42.6 Å². The number of nitrogens with one attached hydrogen (secondary N) is 1. The molecule has 0 radical (unpaired) electrons. The van der Waals surface area contributed by atoms with E-state index in [2.05, 4.69) is 15.3 Å². The van der Waals surface area contributed by atoms with Gasteiger partial charge < -0.3 is 10.1 Å². The van der Waals surface area contributed by atoms with Gasteiger partial charge in [-0.1, -0.05) is 36.0 Å². The standard InChI is InChI=1S/C25H20FN3O2S/c1-17-4-2-3-5-19(17)16-29-23(30)18-6-10-21(11-7-18)31-24-25(28-15-14-27-24)32-22-12-8-20(26)9-13-22/h2-15H,16H2,1H3,(H,29,30). The largest absolute Gasteiger partial charge is 0.437 e. The first kappa shape index (κ1) is 21.5. The Bertz CT molecular complexity index is 1210. The van der Waals surface area contributed by atoms with Crippen LogP contribution in [0.2, 0.25) is 0 Å². The van der Waals surface area contributed by atoms with Crippen molar-refractivity contribution in [1.82, 2.24) is 15.3 Å². The van der Waals surface area contributed by atoms with Gasteiger partial charge in [-0.15, -0.1) is 0 Å². The topological polar surface area (TPSA) is 64.1 Å². The van der Waals surface area contributed by atoms with E-state index in [-0.39, 0.29) is 11.7 Å². The van der Waals surface area contributed by atoms with Crippen LogP contribution in [0.15, 0.2) is 95.1 Å². The Labute approximate surface area is 189 Å². The highest BCUT2D eigenvalue weighted by Gasteiger charge is 2.11. The number of aryl methyl sites for hydroxylation is 1. The number of rotatable bonds is 7. The maximum Gasteiger partial charge on any atom is 0.252 e. The SMILES string of the molecule is Cc1ccccc1CNC(=O)c1ccc(Oc2nccnc2Sc2ccc(F)cc2)cc1. The van der Waals surface area contributed by atoms with Crippen LogP contribution in [0.1, 0.15) is 21.5 Å².